The SMILES string of the molecule is O=C(c1ccc(Oc2ccc(Cl)cc2)cc1)c1ccc(Oc2ccc(Cl)cc2)cc1. The molecule has 0 aliphatic heterocycles. The van der Waals surface area contributed by atoms with E-state index in [2.05, 4.69) is 0 Å². The van der Waals surface area contributed by atoms with Crippen LogP contribution in [0.15, 0.2) is 97.1 Å². The number of hydrogen-bond acceptors (Lipinski definition) is 3. The number of rotatable bonds is 6. The van der Waals surface area contributed by atoms with Gasteiger partial charge in [0.2, 0.25) is 0 Å². The maximum absolute atomic E-state index is 12.7. The fourth-order valence-corrected chi connectivity index (χ4v) is 3.04. The number of hydrogen-bond donors (Lipinski definition) is 0. The second kappa shape index (κ2) is 9.04. The maximum Gasteiger partial charge on any atom is 0.193 e. The highest BCUT2D eigenvalue weighted by Crippen LogP contribution is 2.26. The lowest BCUT2D eigenvalue weighted by Crippen LogP contribution is -2.01. The molecule has 0 N–H and O–H groups in total. The van der Waals surface area contributed by atoms with E-state index in [1.165, 1.54) is 0 Å². The molecule has 0 heterocycles. The van der Waals surface area contributed by atoms with Crippen LogP contribution in [0.4, 0.5) is 0 Å². The molecule has 0 aliphatic carbocycles. The summed E-state index contributed by atoms with van der Waals surface area (Å²) in [4.78, 5) is 12.7. The summed E-state index contributed by atoms with van der Waals surface area (Å²) in [5.74, 6) is 2.55. The van der Waals surface area contributed by atoms with E-state index in [0.717, 1.165) is 0 Å². The van der Waals surface area contributed by atoms with Gasteiger partial charge in [0.05, 0.1) is 0 Å². The Morgan fingerprint density at radius 1 is 0.467 bits per heavy atom. The van der Waals surface area contributed by atoms with Crippen molar-refractivity contribution in [3.8, 4) is 23.0 Å². The number of carbonyl (C=O) groups is 1. The minimum atomic E-state index is -0.0777. The van der Waals surface area contributed by atoms with Crippen LogP contribution < -0.4 is 9.47 Å². The summed E-state index contributed by atoms with van der Waals surface area (Å²) in [7, 11) is 0. The quantitative estimate of drug-likeness (QED) is 0.290. The predicted octanol–water partition coefficient (Wildman–Crippen LogP) is 7.81. The van der Waals surface area contributed by atoms with Crippen molar-refractivity contribution >= 4 is 29.0 Å². The monoisotopic (exact) mass is 434 g/mol. The van der Waals surface area contributed by atoms with Crippen molar-refractivity contribution in [2.75, 3.05) is 0 Å². The number of carbonyl (C=O) groups excluding carboxylic acids is 1. The molecule has 0 saturated heterocycles. The molecule has 0 fully saturated rings. The lowest BCUT2D eigenvalue weighted by atomic mass is 10.0. The van der Waals surface area contributed by atoms with Crippen LogP contribution in [-0.4, -0.2) is 5.78 Å². The third kappa shape index (κ3) is 5.01. The Balaban J connectivity index is 1.42. The molecule has 0 aromatic heterocycles. The number of benzene rings is 4. The van der Waals surface area contributed by atoms with Crippen LogP contribution in [0.25, 0.3) is 0 Å². The van der Waals surface area contributed by atoms with Gasteiger partial charge in [0, 0.05) is 21.2 Å². The van der Waals surface area contributed by atoms with Crippen LogP contribution in [0, 0.1) is 0 Å². The summed E-state index contributed by atoms with van der Waals surface area (Å²) in [5.41, 5.74) is 1.15. The number of halogens is 2. The van der Waals surface area contributed by atoms with Gasteiger partial charge in [-0.2, -0.15) is 0 Å². The molecule has 0 saturated carbocycles. The van der Waals surface area contributed by atoms with Gasteiger partial charge in [0.1, 0.15) is 23.0 Å². The second-order valence-electron chi connectivity index (χ2n) is 6.49. The highest BCUT2D eigenvalue weighted by Gasteiger charge is 2.10. The van der Waals surface area contributed by atoms with Crippen molar-refractivity contribution in [1.82, 2.24) is 0 Å². The van der Waals surface area contributed by atoms with Crippen molar-refractivity contribution in [3.05, 3.63) is 118 Å². The van der Waals surface area contributed by atoms with Crippen molar-refractivity contribution in [1.29, 1.82) is 0 Å². The first-order valence-corrected chi connectivity index (χ1v) is 9.94. The second-order valence-corrected chi connectivity index (χ2v) is 7.36. The molecule has 3 nitrogen and oxygen atoms in total. The Kier molecular flexibility index (Phi) is 6.03. The number of ether oxygens (including phenoxy) is 2. The maximum atomic E-state index is 12.7. The average Bonchev–Trinajstić information content (AvgIpc) is 2.77. The molecule has 4 aromatic carbocycles. The van der Waals surface area contributed by atoms with Crippen LogP contribution in [0.3, 0.4) is 0 Å². The molecule has 0 amide bonds. The zero-order valence-corrected chi connectivity index (χ0v) is 17.2. The first kappa shape index (κ1) is 20.0. The van der Waals surface area contributed by atoms with Crippen molar-refractivity contribution < 1.29 is 14.3 Å². The summed E-state index contributed by atoms with van der Waals surface area (Å²) in [6.45, 7) is 0. The van der Waals surface area contributed by atoms with E-state index in [1.807, 2.05) is 0 Å². The molecule has 0 spiro atoms. The van der Waals surface area contributed by atoms with Crippen molar-refractivity contribution in [3.63, 3.8) is 0 Å². The molecule has 0 unspecified atom stereocenters. The Morgan fingerprint density at radius 2 is 0.733 bits per heavy atom. The molecule has 0 atom stereocenters. The lowest BCUT2D eigenvalue weighted by molar-refractivity contribution is 0.103. The zero-order valence-electron chi connectivity index (χ0n) is 15.7. The van der Waals surface area contributed by atoms with Gasteiger partial charge in [-0.1, -0.05) is 23.2 Å². The van der Waals surface area contributed by atoms with E-state index in [1.54, 1.807) is 97.1 Å². The van der Waals surface area contributed by atoms with Gasteiger partial charge in [0.15, 0.2) is 5.78 Å². The highest BCUT2D eigenvalue weighted by molar-refractivity contribution is 6.30. The average molecular weight is 435 g/mol. The van der Waals surface area contributed by atoms with E-state index in [-0.39, 0.29) is 5.78 Å². The summed E-state index contributed by atoms with van der Waals surface area (Å²) in [6.07, 6.45) is 0. The van der Waals surface area contributed by atoms with E-state index in [9.17, 15) is 4.79 Å². The minimum Gasteiger partial charge on any atom is -0.457 e. The third-order valence-electron chi connectivity index (χ3n) is 4.33. The van der Waals surface area contributed by atoms with Crippen LogP contribution >= 0.6 is 23.2 Å². The fourth-order valence-electron chi connectivity index (χ4n) is 2.79. The molecule has 0 radical (unpaired) electrons. The normalized spacial score (nSPS) is 10.5. The zero-order chi connectivity index (χ0) is 20.9. The molecule has 30 heavy (non-hydrogen) atoms. The summed E-state index contributed by atoms with van der Waals surface area (Å²) in [6, 6.07) is 28.2. The van der Waals surface area contributed by atoms with E-state index < -0.39 is 0 Å². The van der Waals surface area contributed by atoms with Gasteiger partial charge < -0.3 is 9.47 Å². The topological polar surface area (TPSA) is 35.5 Å². The Labute approximate surface area is 184 Å². The fraction of sp³-hybridized carbons (Fsp3) is 0. The van der Waals surface area contributed by atoms with Gasteiger partial charge in [-0.15, -0.1) is 0 Å². The smallest absolute Gasteiger partial charge is 0.193 e. The first-order valence-electron chi connectivity index (χ1n) is 9.18. The molecule has 0 bridgehead atoms. The number of ketones is 1. The van der Waals surface area contributed by atoms with Crippen molar-refractivity contribution in [2.24, 2.45) is 0 Å². The first-order chi connectivity index (χ1) is 14.6. The van der Waals surface area contributed by atoms with Gasteiger partial charge in [-0.3, -0.25) is 4.79 Å². The van der Waals surface area contributed by atoms with Gasteiger partial charge in [-0.05, 0) is 97.1 Å². The van der Waals surface area contributed by atoms with Crippen LogP contribution in [0.2, 0.25) is 10.0 Å². The minimum absolute atomic E-state index is 0.0777. The molecule has 5 heteroatoms. The van der Waals surface area contributed by atoms with Crippen LogP contribution in [0.5, 0.6) is 23.0 Å². The largest absolute Gasteiger partial charge is 0.457 e. The Bertz CT molecular complexity index is 1040. The van der Waals surface area contributed by atoms with Gasteiger partial charge >= 0.3 is 0 Å². The molecular weight excluding hydrogens is 419 g/mol. The lowest BCUT2D eigenvalue weighted by Gasteiger charge is -2.08. The van der Waals surface area contributed by atoms with E-state index in [4.69, 9.17) is 32.7 Å². The van der Waals surface area contributed by atoms with E-state index in [0.29, 0.717) is 44.2 Å². The summed E-state index contributed by atoms with van der Waals surface area (Å²) < 4.78 is 11.5. The Hall–Kier alpha value is -3.27. The molecule has 148 valence electrons. The Morgan fingerprint density at radius 3 is 1.03 bits per heavy atom. The molecule has 4 aromatic rings. The van der Waals surface area contributed by atoms with Crippen LogP contribution in [0.1, 0.15) is 15.9 Å². The van der Waals surface area contributed by atoms with Gasteiger partial charge in [-0.25, -0.2) is 0 Å². The third-order valence-corrected chi connectivity index (χ3v) is 4.84. The van der Waals surface area contributed by atoms with Crippen LogP contribution in [-0.2, 0) is 0 Å². The molecular formula is C25H16Cl2O3. The molecule has 0 aliphatic rings. The standard InChI is InChI=1S/C25H16Cl2O3/c26-19-5-13-23(14-6-19)29-21-9-1-17(2-10-21)25(28)18-3-11-22(12-4-18)30-24-15-7-20(27)8-16-24/h1-16H. The van der Waals surface area contributed by atoms with Crippen molar-refractivity contribution in [2.45, 2.75) is 0 Å². The summed E-state index contributed by atoms with van der Waals surface area (Å²) in [5, 5.41) is 1.29. The summed E-state index contributed by atoms with van der Waals surface area (Å²) >= 11 is 11.8. The van der Waals surface area contributed by atoms with E-state index >= 15 is 0 Å². The molecule has 4 rings (SSSR count). The highest BCUT2D eigenvalue weighted by atomic mass is 35.5. The van der Waals surface area contributed by atoms with Gasteiger partial charge in [0.25, 0.3) is 0 Å². The predicted molar refractivity (Wildman–Crippen MR) is 119 cm³/mol.